The molecular weight excluding hydrogens is 352 g/mol. The summed E-state index contributed by atoms with van der Waals surface area (Å²) in [4.78, 5) is 24.3. The van der Waals surface area contributed by atoms with E-state index >= 15 is 0 Å². The summed E-state index contributed by atoms with van der Waals surface area (Å²) in [5, 5.41) is 14.7. The third-order valence-corrected chi connectivity index (χ3v) is 4.93. The molecule has 4 rings (SSSR count). The summed E-state index contributed by atoms with van der Waals surface area (Å²) in [7, 11) is 1.86. The summed E-state index contributed by atoms with van der Waals surface area (Å²) in [6.07, 6.45) is 5.65. The Balaban J connectivity index is 1.70. The van der Waals surface area contributed by atoms with Crippen LogP contribution in [0.25, 0.3) is 11.2 Å². The molecule has 1 aromatic carbocycles. The molecule has 7 heteroatoms. The van der Waals surface area contributed by atoms with E-state index < -0.39 is 0 Å². The molecule has 1 aliphatic rings. The van der Waals surface area contributed by atoms with Crippen molar-refractivity contribution in [1.82, 2.24) is 20.3 Å². The van der Waals surface area contributed by atoms with Crippen molar-refractivity contribution < 1.29 is 4.79 Å². The van der Waals surface area contributed by atoms with Gasteiger partial charge in [0, 0.05) is 30.5 Å². The van der Waals surface area contributed by atoms with Crippen LogP contribution in [0.5, 0.6) is 0 Å². The Morgan fingerprint density at radius 1 is 1.29 bits per heavy atom. The summed E-state index contributed by atoms with van der Waals surface area (Å²) in [5.41, 5.74) is 5.13. The lowest BCUT2D eigenvalue weighted by molar-refractivity contribution is 0.0944. The average Bonchev–Trinajstić information content (AvgIpc) is 3.45. The van der Waals surface area contributed by atoms with Gasteiger partial charge in [-0.3, -0.25) is 10.2 Å². The highest BCUT2D eigenvalue weighted by Gasteiger charge is 2.25. The van der Waals surface area contributed by atoms with E-state index in [-0.39, 0.29) is 17.7 Å². The van der Waals surface area contributed by atoms with Crippen LogP contribution in [-0.4, -0.2) is 39.7 Å². The first-order chi connectivity index (χ1) is 13.5. The molecule has 1 amide bonds. The molecule has 144 valence electrons. The average molecular weight is 376 g/mol. The van der Waals surface area contributed by atoms with E-state index in [1.165, 1.54) is 18.4 Å². The molecule has 28 heavy (non-hydrogen) atoms. The number of anilines is 1. The Hall–Kier alpha value is -3.22. The molecule has 7 nitrogen and oxygen atoms in total. The number of carbonyl (C=O) groups is 1. The van der Waals surface area contributed by atoms with Crippen molar-refractivity contribution in [2.75, 3.05) is 12.4 Å². The van der Waals surface area contributed by atoms with Crippen LogP contribution in [0, 0.1) is 5.41 Å². The Kier molecular flexibility index (Phi) is 4.58. The molecule has 2 heterocycles. The first kappa shape index (κ1) is 18.2. The normalized spacial score (nSPS) is 13.7. The molecule has 0 saturated heterocycles. The first-order valence-corrected chi connectivity index (χ1v) is 9.54. The molecular formula is C21H24N6O. The topological polar surface area (TPSA) is 107 Å². The number of aromatic amines is 1. The van der Waals surface area contributed by atoms with Gasteiger partial charge in [0.2, 0.25) is 0 Å². The molecule has 0 spiro atoms. The molecule has 2 aromatic heterocycles. The molecule has 4 N–H and O–H groups in total. The van der Waals surface area contributed by atoms with Crippen LogP contribution in [0.2, 0.25) is 0 Å². The van der Waals surface area contributed by atoms with Gasteiger partial charge in [-0.15, -0.1) is 0 Å². The predicted octanol–water partition coefficient (Wildman–Crippen LogP) is 3.43. The van der Waals surface area contributed by atoms with E-state index in [0.717, 1.165) is 11.3 Å². The van der Waals surface area contributed by atoms with Gasteiger partial charge in [0.05, 0.1) is 17.5 Å². The minimum Gasteiger partial charge on any atom is -0.388 e. The zero-order valence-corrected chi connectivity index (χ0v) is 16.3. The molecule has 0 radical (unpaired) electrons. The van der Waals surface area contributed by atoms with Crippen molar-refractivity contribution in [2.45, 2.75) is 38.6 Å². The number of hydrogen-bond acceptors (Lipinski definition) is 5. The fourth-order valence-corrected chi connectivity index (χ4v) is 3.32. The van der Waals surface area contributed by atoms with Crippen LogP contribution >= 0.6 is 0 Å². The minimum atomic E-state index is -0.205. The summed E-state index contributed by atoms with van der Waals surface area (Å²) in [6, 6.07) is 6.20. The highest BCUT2D eigenvalue weighted by atomic mass is 16.1. The van der Waals surface area contributed by atoms with E-state index in [0.29, 0.717) is 28.3 Å². The smallest absolute Gasteiger partial charge is 0.255 e. The van der Waals surface area contributed by atoms with Crippen molar-refractivity contribution in [2.24, 2.45) is 0 Å². The fraction of sp³-hybridized carbons (Fsp3) is 0.333. The Labute approximate surface area is 163 Å². The number of nitrogens with zero attached hydrogens (tertiary/aromatic N) is 2. The van der Waals surface area contributed by atoms with Crippen molar-refractivity contribution in [3.63, 3.8) is 0 Å². The third kappa shape index (κ3) is 3.35. The number of nitrogens with one attached hydrogen (secondary N) is 4. The summed E-state index contributed by atoms with van der Waals surface area (Å²) in [5.74, 6) is 0.442. The van der Waals surface area contributed by atoms with Crippen molar-refractivity contribution in [1.29, 1.82) is 5.41 Å². The second-order valence-electron chi connectivity index (χ2n) is 7.49. The van der Waals surface area contributed by atoms with Gasteiger partial charge in [-0.05, 0) is 44.2 Å². The van der Waals surface area contributed by atoms with Crippen molar-refractivity contribution in [3.05, 3.63) is 53.0 Å². The number of benzene rings is 1. The monoisotopic (exact) mass is 376 g/mol. The molecule has 3 aromatic rings. The second-order valence-corrected chi connectivity index (χ2v) is 7.49. The highest BCUT2D eigenvalue weighted by molar-refractivity contribution is 6.14. The van der Waals surface area contributed by atoms with Crippen molar-refractivity contribution in [3.8, 4) is 0 Å². The summed E-state index contributed by atoms with van der Waals surface area (Å²) < 4.78 is 0. The van der Waals surface area contributed by atoms with E-state index in [2.05, 4.69) is 37.7 Å². The number of rotatable bonds is 6. The number of carbonyl (C=O) groups excluding carboxylic acids is 1. The standard InChI is InChI=1S/C21H24N6O/c1-11(2)26-21(28)15-9-24-20-19(15)27-17(10-25-20)18(22)14-7-6-13(12-4-5-12)8-16(14)23-3/h6-12,22-23H,4-5H2,1-3H3,(H,24,25)(H,26,28). The quantitative estimate of drug-likeness (QED) is 0.494. The largest absolute Gasteiger partial charge is 0.388 e. The van der Waals surface area contributed by atoms with Gasteiger partial charge < -0.3 is 15.6 Å². The lowest BCUT2D eigenvalue weighted by Gasteiger charge is -2.12. The van der Waals surface area contributed by atoms with E-state index in [4.69, 9.17) is 5.41 Å². The number of hydrogen-bond donors (Lipinski definition) is 4. The van der Waals surface area contributed by atoms with Crippen LogP contribution in [-0.2, 0) is 0 Å². The number of aromatic nitrogens is 3. The van der Waals surface area contributed by atoms with Crippen LogP contribution < -0.4 is 10.6 Å². The Morgan fingerprint density at radius 2 is 2.07 bits per heavy atom. The number of H-pyrrole nitrogens is 1. The van der Waals surface area contributed by atoms with Gasteiger partial charge >= 0.3 is 0 Å². The van der Waals surface area contributed by atoms with Gasteiger partial charge in [0.25, 0.3) is 5.91 Å². The van der Waals surface area contributed by atoms with Gasteiger partial charge in [0.15, 0.2) is 5.65 Å². The van der Waals surface area contributed by atoms with Gasteiger partial charge in [-0.25, -0.2) is 9.97 Å². The van der Waals surface area contributed by atoms with Crippen LogP contribution in [0.15, 0.2) is 30.6 Å². The molecule has 1 saturated carbocycles. The molecule has 0 unspecified atom stereocenters. The van der Waals surface area contributed by atoms with Gasteiger partial charge in [-0.2, -0.15) is 0 Å². The Bertz CT molecular complexity index is 1060. The second kappa shape index (κ2) is 7.07. The summed E-state index contributed by atoms with van der Waals surface area (Å²) >= 11 is 0. The van der Waals surface area contributed by atoms with Crippen LogP contribution in [0.3, 0.4) is 0 Å². The zero-order valence-electron chi connectivity index (χ0n) is 16.3. The Morgan fingerprint density at radius 3 is 2.75 bits per heavy atom. The highest BCUT2D eigenvalue weighted by Crippen LogP contribution is 2.41. The molecule has 1 fully saturated rings. The fourth-order valence-electron chi connectivity index (χ4n) is 3.32. The molecule has 1 aliphatic carbocycles. The van der Waals surface area contributed by atoms with Crippen molar-refractivity contribution >= 4 is 28.5 Å². The van der Waals surface area contributed by atoms with E-state index in [1.807, 2.05) is 27.0 Å². The lowest BCUT2D eigenvalue weighted by atomic mass is 10.0. The zero-order chi connectivity index (χ0) is 19.8. The van der Waals surface area contributed by atoms with Crippen LogP contribution in [0.1, 0.15) is 59.8 Å². The molecule has 0 bridgehead atoms. The maximum atomic E-state index is 12.4. The minimum absolute atomic E-state index is 0.0232. The number of amides is 1. The summed E-state index contributed by atoms with van der Waals surface area (Å²) in [6.45, 7) is 3.81. The first-order valence-electron chi connectivity index (χ1n) is 9.54. The molecule has 0 aliphatic heterocycles. The van der Waals surface area contributed by atoms with Crippen LogP contribution in [0.4, 0.5) is 5.69 Å². The van der Waals surface area contributed by atoms with Gasteiger partial charge in [0.1, 0.15) is 11.2 Å². The van der Waals surface area contributed by atoms with E-state index in [9.17, 15) is 4.79 Å². The maximum Gasteiger partial charge on any atom is 0.255 e. The molecule has 0 atom stereocenters. The SMILES string of the molecule is CNc1cc(C2CC2)ccc1C(=N)c1cnc2[nH]cc(C(=O)NC(C)C)c2n1. The number of fused-ring (bicyclic) bond motifs is 1. The maximum absolute atomic E-state index is 12.4. The third-order valence-electron chi connectivity index (χ3n) is 4.93. The van der Waals surface area contributed by atoms with E-state index in [1.54, 1.807) is 12.4 Å². The predicted molar refractivity (Wildman–Crippen MR) is 110 cm³/mol. The lowest BCUT2D eigenvalue weighted by Crippen LogP contribution is -2.30. The van der Waals surface area contributed by atoms with Gasteiger partial charge in [-0.1, -0.05) is 12.1 Å².